The Labute approximate surface area is 84.2 Å². The lowest BCUT2D eigenvalue weighted by Gasteiger charge is -2.36. The predicted molar refractivity (Wildman–Crippen MR) is 56.6 cm³/mol. The van der Waals surface area contributed by atoms with E-state index >= 15 is 0 Å². The highest BCUT2D eigenvalue weighted by Crippen LogP contribution is 2.43. The minimum atomic E-state index is 1.03. The Bertz CT molecular complexity index is 134. The molecule has 0 bridgehead atoms. The largest absolute Gasteiger partial charge is 0.0925 e. The molecule has 0 aliphatic heterocycles. The van der Waals surface area contributed by atoms with E-state index < -0.39 is 0 Å². The van der Waals surface area contributed by atoms with Crippen molar-refractivity contribution in [2.75, 3.05) is 5.33 Å². The van der Waals surface area contributed by atoms with Crippen LogP contribution >= 0.6 is 15.9 Å². The third-order valence-electron chi connectivity index (χ3n) is 3.94. The van der Waals surface area contributed by atoms with E-state index in [0.29, 0.717) is 0 Å². The predicted octanol–water partition coefficient (Wildman–Crippen LogP) is 3.99. The van der Waals surface area contributed by atoms with Crippen molar-refractivity contribution in [2.45, 2.75) is 44.9 Å². The lowest BCUT2D eigenvalue weighted by molar-refractivity contribution is 0.166. The molecule has 2 aliphatic carbocycles. The first-order chi connectivity index (χ1) is 5.92. The fraction of sp³-hybridized carbons (Fsp3) is 1.00. The van der Waals surface area contributed by atoms with Crippen LogP contribution < -0.4 is 0 Å². The molecule has 2 aliphatic rings. The van der Waals surface area contributed by atoms with Crippen LogP contribution in [0.25, 0.3) is 0 Å². The van der Waals surface area contributed by atoms with Gasteiger partial charge in [-0.3, -0.25) is 0 Å². The zero-order valence-electron chi connectivity index (χ0n) is 7.77. The van der Waals surface area contributed by atoms with Crippen LogP contribution in [0.4, 0.5) is 0 Å². The quantitative estimate of drug-likeness (QED) is 0.644. The maximum atomic E-state index is 3.70. The van der Waals surface area contributed by atoms with Crippen molar-refractivity contribution >= 4 is 15.9 Å². The van der Waals surface area contributed by atoms with E-state index in [2.05, 4.69) is 15.9 Å². The highest BCUT2D eigenvalue weighted by Gasteiger charge is 2.33. The lowest BCUT2D eigenvalue weighted by Crippen LogP contribution is -2.28. The van der Waals surface area contributed by atoms with Gasteiger partial charge in [-0.05, 0) is 17.8 Å². The Balaban J connectivity index is 1.87. The van der Waals surface area contributed by atoms with Crippen molar-refractivity contribution in [3.63, 3.8) is 0 Å². The Morgan fingerprint density at radius 2 is 1.42 bits per heavy atom. The van der Waals surface area contributed by atoms with Gasteiger partial charge in [0.15, 0.2) is 0 Å². The summed E-state index contributed by atoms with van der Waals surface area (Å²) in [4.78, 5) is 0. The van der Waals surface area contributed by atoms with Gasteiger partial charge in [0.05, 0.1) is 0 Å². The first-order valence-electron chi connectivity index (χ1n) is 5.48. The van der Waals surface area contributed by atoms with Gasteiger partial charge in [-0.1, -0.05) is 60.9 Å². The summed E-state index contributed by atoms with van der Waals surface area (Å²) < 4.78 is 0. The second-order valence-electron chi connectivity index (χ2n) is 4.55. The van der Waals surface area contributed by atoms with Gasteiger partial charge in [0.2, 0.25) is 0 Å². The number of halogens is 1. The van der Waals surface area contributed by atoms with E-state index in [9.17, 15) is 0 Å². The molecule has 0 aromatic rings. The molecule has 1 unspecified atom stereocenters. The molecule has 0 spiro atoms. The first kappa shape index (κ1) is 9.05. The zero-order chi connectivity index (χ0) is 8.39. The lowest BCUT2D eigenvalue weighted by atomic mass is 9.71. The third-order valence-corrected chi connectivity index (χ3v) is 4.69. The third kappa shape index (κ3) is 1.71. The van der Waals surface area contributed by atoms with Crippen LogP contribution in [-0.4, -0.2) is 5.33 Å². The Morgan fingerprint density at radius 1 is 0.917 bits per heavy atom. The smallest absolute Gasteiger partial charge is 0.00649 e. The summed E-state index contributed by atoms with van der Waals surface area (Å²) >= 11 is 3.70. The standard InChI is InChI=1S/C11H19Br/c12-8-11(10-6-3-7-10)9-4-1-2-5-9/h9-11H,1-8H2. The van der Waals surface area contributed by atoms with E-state index in [0.717, 1.165) is 17.8 Å². The van der Waals surface area contributed by atoms with Crippen molar-refractivity contribution in [2.24, 2.45) is 17.8 Å². The summed E-state index contributed by atoms with van der Waals surface area (Å²) in [6, 6.07) is 0. The van der Waals surface area contributed by atoms with Crippen molar-refractivity contribution in [1.29, 1.82) is 0 Å². The highest BCUT2D eigenvalue weighted by atomic mass is 79.9. The molecule has 12 heavy (non-hydrogen) atoms. The van der Waals surface area contributed by atoms with Gasteiger partial charge in [-0.15, -0.1) is 0 Å². The second-order valence-corrected chi connectivity index (χ2v) is 5.20. The van der Waals surface area contributed by atoms with Crippen LogP contribution in [0.3, 0.4) is 0 Å². The molecule has 2 rings (SSSR count). The van der Waals surface area contributed by atoms with E-state index in [1.807, 2.05) is 0 Å². The fourth-order valence-electron chi connectivity index (χ4n) is 2.89. The number of hydrogen-bond acceptors (Lipinski definition) is 0. The van der Waals surface area contributed by atoms with Crippen molar-refractivity contribution < 1.29 is 0 Å². The van der Waals surface area contributed by atoms with E-state index in [-0.39, 0.29) is 0 Å². The van der Waals surface area contributed by atoms with Crippen LogP contribution in [0, 0.1) is 17.8 Å². The fourth-order valence-corrected chi connectivity index (χ4v) is 3.95. The molecule has 0 amide bonds. The molecule has 0 aromatic heterocycles. The van der Waals surface area contributed by atoms with Crippen molar-refractivity contribution in [3.05, 3.63) is 0 Å². The first-order valence-corrected chi connectivity index (χ1v) is 6.60. The molecule has 1 atom stereocenters. The van der Waals surface area contributed by atoms with Gasteiger partial charge in [-0.25, -0.2) is 0 Å². The van der Waals surface area contributed by atoms with E-state index in [4.69, 9.17) is 0 Å². The molecule has 0 aromatic carbocycles. The average Bonchev–Trinajstić information content (AvgIpc) is 2.47. The van der Waals surface area contributed by atoms with E-state index in [1.165, 1.54) is 50.3 Å². The maximum Gasteiger partial charge on any atom is 0.00649 e. The molecule has 0 nitrogen and oxygen atoms in total. The summed E-state index contributed by atoms with van der Waals surface area (Å²) in [7, 11) is 0. The number of hydrogen-bond donors (Lipinski definition) is 0. The highest BCUT2D eigenvalue weighted by molar-refractivity contribution is 9.09. The van der Waals surface area contributed by atoms with Crippen molar-refractivity contribution in [3.8, 4) is 0 Å². The average molecular weight is 231 g/mol. The summed E-state index contributed by atoms with van der Waals surface area (Å²) in [5, 5.41) is 1.27. The molecule has 2 saturated carbocycles. The van der Waals surface area contributed by atoms with Gasteiger partial charge in [0.25, 0.3) is 0 Å². The molecule has 1 heteroatoms. The van der Waals surface area contributed by atoms with Crippen LogP contribution in [0.2, 0.25) is 0 Å². The molecular weight excluding hydrogens is 212 g/mol. The molecule has 2 fully saturated rings. The van der Waals surface area contributed by atoms with Crippen molar-refractivity contribution in [1.82, 2.24) is 0 Å². The summed E-state index contributed by atoms with van der Waals surface area (Å²) in [5.74, 6) is 3.20. The topological polar surface area (TPSA) is 0 Å². The molecule has 70 valence electrons. The van der Waals surface area contributed by atoms with Gasteiger partial charge in [0.1, 0.15) is 0 Å². The minimum absolute atomic E-state index is 1.03. The van der Waals surface area contributed by atoms with Gasteiger partial charge >= 0.3 is 0 Å². The van der Waals surface area contributed by atoms with Gasteiger partial charge < -0.3 is 0 Å². The van der Waals surface area contributed by atoms with E-state index in [1.54, 1.807) is 0 Å². The Kier molecular flexibility index (Phi) is 3.11. The monoisotopic (exact) mass is 230 g/mol. The minimum Gasteiger partial charge on any atom is -0.0925 e. The summed E-state index contributed by atoms with van der Waals surface area (Å²) in [6.07, 6.45) is 10.6. The van der Waals surface area contributed by atoms with Crippen LogP contribution in [0.1, 0.15) is 44.9 Å². The second kappa shape index (κ2) is 4.13. The normalized spacial score (nSPS) is 28.8. The number of rotatable bonds is 3. The molecular formula is C11H19Br. The SMILES string of the molecule is BrCC(C1CCCC1)C1CCC1. The van der Waals surface area contributed by atoms with Crippen LogP contribution in [0.5, 0.6) is 0 Å². The van der Waals surface area contributed by atoms with Gasteiger partial charge in [0, 0.05) is 5.33 Å². The van der Waals surface area contributed by atoms with Crippen LogP contribution in [-0.2, 0) is 0 Å². The zero-order valence-corrected chi connectivity index (χ0v) is 9.35. The summed E-state index contributed by atoms with van der Waals surface area (Å²) in [6.45, 7) is 0. The maximum absolute atomic E-state index is 3.70. The molecule has 0 N–H and O–H groups in total. The molecule has 0 heterocycles. The Morgan fingerprint density at radius 3 is 1.75 bits per heavy atom. The van der Waals surface area contributed by atoms with Gasteiger partial charge in [-0.2, -0.15) is 0 Å². The van der Waals surface area contributed by atoms with Crippen LogP contribution in [0.15, 0.2) is 0 Å². The molecule has 0 radical (unpaired) electrons. The summed E-state index contributed by atoms with van der Waals surface area (Å²) in [5.41, 5.74) is 0. The Hall–Kier alpha value is 0.480. The number of alkyl halides is 1. The molecule has 0 saturated heterocycles.